The SMILES string of the molecule is O=C(NCC1CCCO1)c1cccc(CNC(=O)c2cnc(C(=O)O)cn2)c1. The topological polar surface area (TPSA) is 131 Å². The molecule has 1 atom stereocenters. The maximum absolute atomic E-state index is 12.3. The van der Waals surface area contributed by atoms with Gasteiger partial charge in [-0.3, -0.25) is 9.59 Å². The molecule has 146 valence electrons. The molecular weight excluding hydrogens is 364 g/mol. The van der Waals surface area contributed by atoms with Crippen LogP contribution in [0.2, 0.25) is 0 Å². The molecule has 2 amide bonds. The number of hydrogen-bond acceptors (Lipinski definition) is 6. The van der Waals surface area contributed by atoms with E-state index >= 15 is 0 Å². The monoisotopic (exact) mass is 384 g/mol. The number of hydrogen-bond donors (Lipinski definition) is 3. The molecule has 2 aromatic rings. The Kier molecular flexibility index (Phi) is 6.28. The molecule has 0 saturated carbocycles. The molecule has 9 heteroatoms. The number of ether oxygens (including phenoxy) is 1. The van der Waals surface area contributed by atoms with Crippen molar-refractivity contribution in [2.24, 2.45) is 0 Å². The second kappa shape index (κ2) is 9.05. The van der Waals surface area contributed by atoms with Crippen molar-refractivity contribution in [1.29, 1.82) is 0 Å². The second-order valence-electron chi connectivity index (χ2n) is 6.32. The van der Waals surface area contributed by atoms with Crippen LogP contribution in [0.1, 0.15) is 49.7 Å². The van der Waals surface area contributed by atoms with Gasteiger partial charge in [-0.25, -0.2) is 14.8 Å². The molecule has 0 spiro atoms. The number of aromatic carboxylic acids is 1. The number of aromatic nitrogens is 2. The van der Waals surface area contributed by atoms with E-state index in [1.54, 1.807) is 24.3 Å². The fourth-order valence-corrected chi connectivity index (χ4v) is 2.77. The zero-order chi connectivity index (χ0) is 19.9. The molecule has 1 unspecified atom stereocenters. The van der Waals surface area contributed by atoms with Crippen LogP contribution >= 0.6 is 0 Å². The van der Waals surface area contributed by atoms with Crippen molar-refractivity contribution in [3.8, 4) is 0 Å². The predicted molar refractivity (Wildman–Crippen MR) is 97.9 cm³/mol. The molecule has 1 saturated heterocycles. The van der Waals surface area contributed by atoms with Gasteiger partial charge in [0.05, 0.1) is 18.5 Å². The van der Waals surface area contributed by atoms with Crippen molar-refractivity contribution in [3.05, 3.63) is 59.2 Å². The van der Waals surface area contributed by atoms with Gasteiger partial charge in [0.15, 0.2) is 5.69 Å². The number of nitrogens with one attached hydrogen (secondary N) is 2. The Morgan fingerprint density at radius 2 is 1.89 bits per heavy atom. The van der Waals surface area contributed by atoms with Crippen LogP contribution in [0.5, 0.6) is 0 Å². The average Bonchev–Trinajstić information content (AvgIpc) is 3.24. The minimum atomic E-state index is -1.21. The maximum atomic E-state index is 12.3. The summed E-state index contributed by atoms with van der Waals surface area (Å²) in [4.78, 5) is 42.6. The van der Waals surface area contributed by atoms with E-state index in [0.717, 1.165) is 37.4 Å². The maximum Gasteiger partial charge on any atom is 0.356 e. The quantitative estimate of drug-likeness (QED) is 0.649. The highest BCUT2D eigenvalue weighted by atomic mass is 16.5. The third-order valence-corrected chi connectivity index (χ3v) is 4.26. The largest absolute Gasteiger partial charge is 0.476 e. The molecule has 1 aliphatic rings. The molecule has 3 N–H and O–H groups in total. The lowest BCUT2D eigenvalue weighted by Gasteiger charge is -2.11. The number of rotatable bonds is 7. The van der Waals surface area contributed by atoms with E-state index < -0.39 is 11.9 Å². The first-order valence-electron chi connectivity index (χ1n) is 8.85. The third-order valence-electron chi connectivity index (χ3n) is 4.26. The van der Waals surface area contributed by atoms with Gasteiger partial charge < -0.3 is 20.5 Å². The average molecular weight is 384 g/mol. The first-order chi connectivity index (χ1) is 13.5. The van der Waals surface area contributed by atoms with Crippen LogP contribution in [-0.2, 0) is 11.3 Å². The van der Waals surface area contributed by atoms with Gasteiger partial charge in [-0.2, -0.15) is 0 Å². The van der Waals surface area contributed by atoms with E-state index in [1.807, 2.05) is 0 Å². The van der Waals surface area contributed by atoms with E-state index in [-0.39, 0.29) is 29.9 Å². The van der Waals surface area contributed by atoms with Gasteiger partial charge in [-0.1, -0.05) is 12.1 Å². The van der Waals surface area contributed by atoms with E-state index in [0.29, 0.717) is 12.1 Å². The molecule has 1 aliphatic heterocycles. The highest BCUT2D eigenvalue weighted by Gasteiger charge is 2.17. The number of carbonyl (C=O) groups is 3. The molecule has 1 aromatic carbocycles. The highest BCUT2D eigenvalue weighted by molar-refractivity contribution is 5.94. The Bertz CT molecular complexity index is 863. The van der Waals surface area contributed by atoms with Crippen LogP contribution in [0.3, 0.4) is 0 Å². The number of benzene rings is 1. The standard InChI is InChI=1S/C19H20N4O5/c24-17(23-9-14-5-2-6-28-14)13-4-1-3-12(7-13)8-22-18(25)15-10-21-16(11-20-15)19(26)27/h1,3-4,7,10-11,14H,2,5-6,8-9H2,(H,22,25)(H,23,24)(H,26,27). The van der Waals surface area contributed by atoms with E-state index in [9.17, 15) is 14.4 Å². The molecular formula is C19H20N4O5. The van der Waals surface area contributed by atoms with Crippen molar-refractivity contribution >= 4 is 17.8 Å². The minimum absolute atomic E-state index is 0.00969. The molecule has 0 aliphatic carbocycles. The Morgan fingerprint density at radius 1 is 1.11 bits per heavy atom. The van der Waals surface area contributed by atoms with Crippen LogP contribution in [-0.4, -0.2) is 52.1 Å². The van der Waals surface area contributed by atoms with E-state index in [4.69, 9.17) is 9.84 Å². The van der Waals surface area contributed by atoms with Crippen molar-refractivity contribution in [1.82, 2.24) is 20.6 Å². The summed E-state index contributed by atoms with van der Waals surface area (Å²) in [6.45, 7) is 1.40. The summed E-state index contributed by atoms with van der Waals surface area (Å²) in [5.74, 6) is -1.90. The van der Waals surface area contributed by atoms with Crippen LogP contribution in [0, 0.1) is 0 Å². The van der Waals surface area contributed by atoms with Gasteiger partial charge in [-0.05, 0) is 30.5 Å². The number of carboxylic acids is 1. The Balaban J connectivity index is 1.54. The van der Waals surface area contributed by atoms with E-state index in [1.165, 1.54) is 0 Å². The zero-order valence-corrected chi connectivity index (χ0v) is 15.1. The van der Waals surface area contributed by atoms with E-state index in [2.05, 4.69) is 20.6 Å². The molecule has 3 rings (SSSR count). The number of amides is 2. The zero-order valence-electron chi connectivity index (χ0n) is 15.1. The summed E-state index contributed by atoms with van der Waals surface area (Å²) < 4.78 is 5.48. The lowest BCUT2D eigenvalue weighted by atomic mass is 10.1. The van der Waals surface area contributed by atoms with Gasteiger partial charge >= 0.3 is 5.97 Å². The van der Waals surface area contributed by atoms with Crippen molar-refractivity contribution in [2.45, 2.75) is 25.5 Å². The first kappa shape index (κ1) is 19.4. The molecule has 1 aromatic heterocycles. The summed E-state index contributed by atoms with van der Waals surface area (Å²) in [5, 5.41) is 14.3. The molecule has 0 bridgehead atoms. The summed E-state index contributed by atoms with van der Waals surface area (Å²) in [6, 6.07) is 6.93. The van der Waals surface area contributed by atoms with Crippen molar-refractivity contribution < 1.29 is 24.2 Å². The summed E-state index contributed by atoms with van der Waals surface area (Å²) in [7, 11) is 0. The van der Waals surface area contributed by atoms with Crippen LogP contribution in [0.15, 0.2) is 36.7 Å². The van der Waals surface area contributed by atoms with Gasteiger partial charge in [0, 0.05) is 25.3 Å². The predicted octanol–water partition coefficient (Wildman–Crippen LogP) is 1.01. The minimum Gasteiger partial charge on any atom is -0.476 e. The number of nitrogens with zero attached hydrogens (tertiary/aromatic N) is 2. The Labute approximate surface area is 161 Å². The molecule has 9 nitrogen and oxygen atoms in total. The fourth-order valence-electron chi connectivity index (χ4n) is 2.77. The third kappa shape index (κ3) is 5.10. The highest BCUT2D eigenvalue weighted by Crippen LogP contribution is 2.11. The summed E-state index contributed by atoms with van der Waals surface area (Å²) in [5.41, 5.74) is 1.01. The Hall–Kier alpha value is -3.33. The summed E-state index contributed by atoms with van der Waals surface area (Å²) >= 11 is 0. The smallest absolute Gasteiger partial charge is 0.356 e. The molecule has 28 heavy (non-hydrogen) atoms. The molecule has 1 fully saturated rings. The Morgan fingerprint density at radius 3 is 2.57 bits per heavy atom. The number of carboxylic acid groups (broad SMARTS) is 1. The first-order valence-corrected chi connectivity index (χ1v) is 8.85. The fraction of sp³-hybridized carbons (Fsp3) is 0.316. The normalized spacial score (nSPS) is 15.8. The van der Waals surface area contributed by atoms with Gasteiger partial charge in [-0.15, -0.1) is 0 Å². The second-order valence-corrected chi connectivity index (χ2v) is 6.32. The molecule has 2 heterocycles. The van der Waals surface area contributed by atoms with Crippen molar-refractivity contribution in [3.63, 3.8) is 0 Å². The van der Waals surface area contributed by atoms with Gasteiger partial charge in [0.25, 0.3) is 11.8 Å². The van der Waals surface area contributed by atoms with Crippen molar-refractivity contribution in [2.75, 3.05) is 13.2 Å². The van der Waals surface area contributed by atoms with Crippen LogP contribution < -0.4 is 10.6 Å². The van der Waals surface area contributed by atoms with Crippen LogP contribution in [0.4, 0.5) is 0 Å². The van der Waals surface area contributed by atoms with Gasteiger partial charge in [0.1, 0.15) is 5.69 Å². The lowest BCUT2D eigenvalue weighted by Crippen LogP contribution is -2.31. The van der Waals surface area contributed by atoms with Crippen LogP contribution in [0.25, 0.3) is 0 Å². The van der Waals surface area contributed by atoms with Gasteiger partial charge in [0.2, 0.25) is 0 Å². The lowest BCUT2D eigenvalue weighted by molar-refractivity contribution is 0.0688. The summed E-state index contributed by atoms with van der Waals surface area (Å²) in [6.07, 6.45) is 4.16. The molecule has 0 radical (unpaired) electrons. The number of carbonyl (C=O) groups excluding carboxylic acids is 2.